The second-order valence-electron chi connectivity index (χ2n) is 7.77. The Kier molecular flexibility index (Phi) is 4.30. The second-order valence-corrected chi connectivity index (χ2v) is 7.77. The van der Waals surface area contributed by atoms with Gasteiger partial charge >= 0.3 is 0 Å². The minimum absolute atomic E-state index is 0.227. The molecule has 1 unspecified atom stereocenters. The van der Waals surface area contributed by atoms with Gasteiger partial charge in [-0.05, 0) is 50.5 Å². The third-order valence-corrected chi connectivity index (χ3v) is 5.73. The molecule has 0 saturated carbocycles. The molecule has 3 aromatic rings. The summed E-state index contributed by atoms with van der Waals surface area (Å²) in [5, 5.41) is 7.92. The van der Waals surface area contributed by atoms with Crippen molar-refractivity contribution in [3.63, 3.8) is 0 Å². The van der Waals surface area contributed by atoms with Crippen molar-refractivity contribution in [3.05, 3.63) is 66.1 Å². The molecule has 3 aromatic heterocycles. The Balaban J connectivity index is 1.65. The number of piperidine rings is 1. The van der Waals surface area contributed by atoms with Gasteiger partial charge in [0.05, 0.1) is 41.3 Å². The van der Waals surface area contributed by atoms with Crippen molar-refractivity contribution in [2.45, 2.75) is 38.4 Å². The van der Waals surface area contributed by atoms with E-state index < -0.39 is 0 Å². The molecule has 0 radical (unpaired) electrons. The molecule has 2 atom stereocenters. The highest BCUT2D eigenvalue weighted by molar-refractivity contribution is 5.91. The molecule has 0 aromatic carbocycles. The van der Waals surface area contributed by atoms with Gasteiger partial charge in [-0.1, -0.05) is 0 Å². The van der Waals surface area contributed by atoms with Crippen molar-refractivity contribution in [2.75, 3.05) is 0 Å². The summed E-state index contributed by atoms with van der Waals surface area (Å²) < 4.78 is 15.2. The van der Waals surface area contributed by atoms with Crippen LogP contribution in [0.3, 0.4) is 0 Å². The second kappa shape index (κ2) is 6.99. The largest absolute Gasteiger partial charge is 0.362 e. The minimum Gasteiger partial charge on any atom is -0.362 e. The van der Waals surface area contributed by atoms with Crippen LogP contribution >= 0.6 is 0 Å². The maximum absolute atomic E-state index is 13.5. The topological polar surface area (TPSA) is 58.9 Å². The first-order valence-corrected chi connectivity index (χ1v) is 9.96. The molecule has 0 aliphatic carbocycles. The van der Waals surface area contributed by atoms with Gasteiger partial charge in [0.15, 0.2) is 0 Å². The van der Waals surface area contributed by atoms with Crippen LogP contribution in [0.2, 0.25) is 0 Å². The first-order chi connectivity index (χ1) is 14.1. The lowest BCUT2D eigenvalue weighted by atomic mass is 9.99. The lowest BCUT2D eigenvalue weighted by Crippen LogP contribution is -2.45. The predicted octanol–water partition coefficient (Wildman–Crippen LogP) is 3.65. The average Bonchev–Trinajstić information content (AvgIpc) is 3.33. The Morgan fingerprint density at radius 2 is 1.97 bits per heavy atom. The number of nitrogens with zero attached hydrogens (tertiary/aromatic N) is 5. The molecule has 1 fully saturated rings. The molecule has 5 heterocycles. The molecule has 0 bridgehead atoms. The highest BCUT2D eigenvalue weighted by Crippen LogP contribution is 2.40. The van der Waals surface area contributed by atoms with Crippen LogP contribution in [0.5, 0.6) is 0 Å². The van der Waals surface area contributed by atoms with Crippen molar-refractivity contribution in [3.8, 4) is 11.3 Å². The van der Waals surface area contributed by atoms with Crippen LogP contribution in [-0.4, -0.2) is 36.9 Å². The number of aromatic nitrogens is 4. The van der Waals surface area contributed by atoms with E-state index in [1.165, 1.54) is 18.7 Å². The van der Waals surface area contributed by atoms with E-state index in [0.717, 1.165) is 46.8 Å². The van der Waals surface area contributed by atoms with Gasteiger partial charge in [0.25, 0.3) is 0 Å². The van der Waals surface area contributed by atoms with Crippen molar-refractivity contribution >= 4 is 11.4 Å². The highest BCUT2D eigenvalue weighted by Gasteiger charge is 2.38. The molecular formula is C22H23FN6. The van der Waals surface area contributed by atoms with Crippen LogP contribution in [0, 0.1) is 5.82 Å². The van der Waals surface area contributed by atoms with E-state index in [2.05, 4.69) is 38.3 Å². The van der Waals surface area contributed by atoms with Gasteiger partial charge in [-0.15, -0.1) is 0 Å². The molecule has 2 aliphatic rings. The molecule has 7 heteroatoms. The molecule has 1 N–H and O–H groups in total. The molecule has 29 heavy (non-hydrogen) atoms. The lowest BCUT2D eigenvalue weighted by Gasteiger charge is -2.39. The Morgan fingerprint density at radius 3 is 2.72 bits per heavy atom. The van der Waals surface area contributed by atoms with Gasteiger partial charge in [0.1, 0.15) is 5.82 Å². The standard InChI is InChI=1S/C22H23FN6/c1-14-4-3-5-20-27-21(18-7-6-17(23)12-25-18)22(29(14)20)15-8-9-24-19(10-15)16-11-26-28(2)13-16/h6-14,20,27H,3-5H2,1-2H3/t14-,20?/m1/s1. The van der Waals surface area contributed by atoms with Crippen LogP contribution in [0.25, 0.3) is 22.7 Å². The van der Waals surface area contributed by atoms with Crippen LogP contribution in [0.4, 0.5) is 4.39 Å². The number of pyridine rings is 2. The summed E-state index contributed by atoms with van der Waals surface area (Å²) in [6.07, 6.45) is 10.5. The van der Waals surface area contributed by atoms with Crippen LogP contribution in [0.15, 0.2) is 49.1 Å². The summed E-state index contributed by atoms with van der Waals surface area (Å²) in [6.45, 7) is 2.26. The molecule has 6 nitrogen and oxygen atoms in total. The lowest BCUT2D eigenvalue weighted by molar-refractivity contribution is 0.166. The van der Waals surface area contributed by atoms with E-state index in [1.54, 1.807) is 10.7 Å². The normalized spacial score (nSPS) is 21.3. The predicted molar refractivity (Wildman–Crippen MR) is 110 cm³/mol. The number of halogens is 1. The third kappa shape index (κ3) is 3.16. The zero-order valence-corrected chi connectivity index (χ0v) is 16.5. The van der Waals surface area contributed by atoms with Gasteiger partial charge in [0.2, 0.25) is 0 Å². The van der Waals surface area contributed by atoms with E-state index >= 15 is 0 Å². The van der Waals surface area contributed by atoms with Crippen molar-refractivity contribution in [1.29, 1.82) is 0 Å². The van der Waals surface area contributed by atoms with E-state index in [0.29, 0.717) is 6.04 Å². The number of nitrogens with one attached hydrogen (secondary N) is 1. The third-order valence-electron chi connectivity index (χ3n) is 5.73. The van der Waals surface area contributed by atoms with Gasteiger partial charge in [-0.3, -0.25) is 14.6 Å². The molecule has 1 saturated heterocycles. The summed E-state index contributed by atoms with van der Waals surface area (Å²) >= 11 is 0. The fourth-order valence-electron chi connectivity index (χ4n) is 4.38. The number of aryl methyl sites for hydroxylation is 1. The fraction of sp³-hybridized carbons (Fsp3) is 0.318. The molecular weight excluding hydrogens is 367 g/mol. The molecule has 5 rings (SSSR count). The Labute approximate surface area is 169 Å². The van der Waals surface area contributed by atoms with Gasteiger partial charge < -0.3 is 10.2 Å². The summed E-state index contributed by atoms with van der Waals surface area (Å²) in [4.78, 5) is 11.3. The van der Waals surface area contributed by atoms with Gasteiger partial charge in [-0.2, -0.15) is 5.10 Å². The molecule has 0 spiro atoms. The zero-order valence-electron chi connectivity index (χ0n) is 16.5. The van der Waals surface area contributed by atoms with Crippen molar-refractivity contribution in [1.82, 2.24) is 30.0 Å². The zero-order chi connectivity index (χ0) is 20.0. The first kappa shape index (κ1) is 17.8. The SMILES string of the molecule is C[C@@H]1CCCC2NC(c3ccc(F)cn3)=C(c3ccnc(-c4cnn(C)c4)c3)N21. The highest BCUT2D eigenvalue weighted by atomic mass is 19.1. The Morgan fingerprint density at radius 1 is 1.07 bits per heavy atom. The van der Waals surface area contributed by atoms with Crippen molar-refractivity contribution < 1.29 is 4.39 Å². The maximum Gasteiger partial charge on any atom is 0.141 e. The molecule has 0 amide bonds. The van der Waals surface area contributed by atoms with Gasteiger partial charge in [-0.25, -0.2) is 4.39 Å². The minimum atomic E-state index is -0.331. The van der Waals surface area contributed by atoms with Gasteiger partial charge in [0, 0.05) is 36.6 Å². The Bertz CT molecular complexity index is 1070. The number of hydrogen-bond acceptors (Lipinski definition) is 5. The number of fused-ring (bicyclic) bond motifs is 1. The smallest absolute Gasteiger partial charge is 0.141 e. The summed E-state index contributed by atoms with van der Waals surface area (Å²) in [6, 6.07) is 7.74. The van der Waals surface area contributed by atoms with E-state index in [-0.39, 0.29) is 12.0 Å². The van der Waals surface area contributed by atoms with Crippen LogP contribution in [0.1, 0.15) is 37.4 Å². The summed E-state index contributed by atoms with van der Waals surface area (Å²) in [5.41, 5.74) is 5.74. The molecule has 2 aliphatic heterocycles. The molecule has 148 valence electrons. The monoisotopic (exact) mass is 390 g/mol. The van der Waals surface area contributed by atoms with E-state index in [4.69, 9.17) is 0 Å². The van der Waals surface area contributed by atoms with E-state index in [9.17, 15) is 4.39 Å². The first-order valence-electron chi connectivity index (χ1n) is 9.96. The summed E-state index contributed by atoms with van der Waals surface area (Å²) in [7, 11) is 1.90. The maximum atomic E-state index is 13.5. The Hall–Kier alpha value is -3.22. The van der Waals surface area contributed by atoms with Crippen molar-refractivity contribution in [2.24, 2.45) is 7.05 Å². The fourth-order valence-corrected chi connectivity index (χ4v) is 4.38. The number of rotatable bonds is 3. The number of hydrogen-bond donors (Lipinski definition) is 1. The summed E-state index contributed by atoms with van der Waals surface area (Å²) in [5.74, 6) is -0.331. The van der Waals surface area contributed by atoms with Crippen LogP contribution in [-0.2, 0) is 7.05 Å². The quantitative estimate of drug-likeness (QED) is 0.740. The van der Waals surface area contributed by atoms with E-state index in [1.807, 2.05) is 31.7 Å². The average molecular weight is 390 g/mol. The van der Waals surface area contributed by atoms with Crippen LogP contribution < -0.4 is 5.32 Å².